The van der Waals surface area contributed by atoms with Crippen molar-refractivity contribution >= 4 is 48.8 Å². The van der Waals surface area contributed by atoms with E-state index in [-0.39, 0.29) is 33.2 Å². The number of thiol groups is 2. The Morgan fingerprint density at radius 2 is 1.10 bits per heavy atom. The molecule has 0 fully saturated rings. The van der Waals surface area contributed by atoms with Crippen molar-refractivity contribution in [3.8, 4) is 17.2 Å². The third kappa shape index (κ3) is 14.6. The summed E-state index contributed by atoms with van der Waals surface area (Å²) in [5.41, 5.74) is -2.07. The molecule has 0 saturated carbocycles. The van der Waals surface area contributed by atoms with E-state index >= 15 is 0 Å². The molecule has 0 aliphatic rings. The van der Waals surface area contributed by atoms with Crippen molar-refractivity contribution < 1.29 is 63.7 Å². The van der Waals surface area contributed by atoms with Gasteiger partial charge in [0.1, 0.15) is 5.75 Å². The second kappa shape index (κ2) is 21.3. The number of ether oxygens (including phenoxy) is 3. The molecule has 4 aromatic rings. The minimum atomic E-state index is -2.09. The number of hydrogen-bond acceptors (Lipinski definition) is 10. The molecule has 0 radical (unpaired) electrons. The molecule has 3 N–H and O–H groups in total. The van der Waals surface area contributed by atoms with Crippen molar-refractivity contribution in [1.29, 1.82) is 0 Å². The number of benzene rings is 4. The van der Waals surface area contributed by atoms with E-state index in [2.05, 4.69) is 50.7 Å². The fourth-order valence-electron chi connectivity index (χ4n) is 5.51. The van der Waals surface area contributed by atoms with Crippen LogP contribution in [0.2, 0.25) is 0 Å². The first-order valence-corrected chi connectivity index (χ1v) is 19.6. The zero-order valence-corrected chi connectivity index (χ0v) is 35.1. The van der Waals surface area contributed by atoms with Crippen LogP contribution in [0.25, 0.3) is 0 Å². The highest BCUT2D eigenvalue weighted by Gasteiger charge is 2.27. The number of amides is 1. The molecular formula is C42H43F8N3O6S2. The number of carbonyl (C=O) groups excluding carboxylic acids is 3. The van der Waals surface area contributed by atoms with Gasteiger partial charge in [0.2, 0.25) is 34.8 Å². The Bertz CT molecular complexity index is 2070. The predicted molar refractivity (Wildman–Crippen MR) is 218 cm³/mol. The number of anilines is 1. The molecule has 0 aliphatic carbocycles. The van der Waals surface area contributed by atoms with Crippen LogP contribution in [0.4, 0.5) is 40.8 Å². The lowest BCUT2D eigenvalue weighted by atomic mass is 10.1. The van der Waals surface area contributed by atoms with Crippen molar-refractivity contribution in [2.75, 3.05) is 31.6 Å². The highest BCUT2D eigenvalue weighted by atomic mass is 32.1. The lowest BCUT2D eigenvalue weighted by molar-refractivity contribution is 0.0716. The molecule has 0 aliphatic heterocycles. The number of esters is 2. The van der Waals surface area contributed by atoms with E-state index in [0.717, 1.165) is 57.5 Å². The van der Waals surface area contributed by atoms with Gasteiger partial charge >= 0.3 is 11.9 Å². The summed E-state index contributed by atoms with van der Waals surface area (Å²) in [5.74, 6) is -23.6. The molecule has 4 aromatic carbocycles. The van der Waals surface area contributed by atoms with Crippen molar-refractivity contribution in [2.24, 2.45) is 0 Å². The first kappa shape index (κ1) is 48.8. The molecule has 1 unspecified atom stereocenters. The quantitative estimate of drug-likeness (QED) is 0.0149. The normalized spacial score (nSPS) is 12.2. The third-order valence-electron chi connectivity index (χ3n) is 8.55. The van der Waals surface area contributed by atoms with Gasteiger partial charge in [-0.1, -0.05) is 12.8 Å². The monoisotopic (exact) mass is 901 g/mol. The third-order valence-corrected chi connectivity index (χ3v) is 8.86. The van der Waals surface area contributed by atoms with Gasteiger partial charge in [-0.25, -0.2) is 27.2 Å². The molecule has 0 spiro atoms. The van der Waals surface area contributed by atoms with Gasteiger partial charge in [-0.05, 0) is 83.0 Å². The highest BCUT2D eigenvalue weighted by Crippen LogP contribution is 2.30. The topological polar surface area (TPSA) is 115 Å². The molecule has 0 heterocycles. The molecular weight excluding hydrogens is 859 g/mol. The maximum atomic E-state index is 14.3. The van der Waals surface area contributed by atoms with Gasteiger partial charge in [-0.2, -0.15) is 42.8 Å². The molecule has 9 nitrogen and oxygen atoms in total. The van der Waals surface area contributed by atoms with E-state index in [1.807, 2.05) is 27.7 Å². The standard InChI is InChI=1S/C42H43F8N3O6S2/c1-41(2,60)20-51-19-25(52-21-42(3,4)61)8-6-5-7-13-57-27-11-9-22(10-12-27)38(54)53-26-15-23(39(55)58-36-32(47)28(43)17-29(44)33(36)48)14-24(16-26)40(56)59-37-34(49)30(45)18-31(46)35(37)50/h9-12,14-18,25,51-52,60-61H,5-8,13,19-21H2,1-4H3,(H,53,54). The lowest BCUT2D eigenvalue weighted by Gasteiger charge is -2.26. The number of rotatable bonds is 20. The van der Waals surface area contributed by atoms with Crippen LogP contribution in [-0.4, -0.2) is 59.6 Å². The summed E-state index contributed by atoms with van der Waals surface area (Å²) in [6.07, 6.45) is 3.49. The van der Waals surface area contributed by atoms with Crippen LogP contribution in [0.3, 0.4) is 0 Å². The maximum absolute atomic E-state index is 14.3. The number of nitrogens with one attached hydrogen (secondary N) is 3. The number of hydrogen-bond donors (Lipinski definition) is 5. The van der Waals surface area contributed by atoms with Crippen molar-refractivity contribution in [1.82, 2.24) is 10.6 Å². The summed E-state index contributed by atoms with van der Waals surface area (Å²) in [4.78, 5) is 39.3. The van der Waals surface area contributed by atoms with Gasteiger partial charge < -0.3 is 30.2 Å². The van der Waals surface area contributed by atoms with Gasteiger partial charge in [0.25, 0.3) is 5.91 Å². The van der Waals surface area contributed by atoms with Crippen molar-refractivity contribution in [3.63, 3.8) is 0 Å². The Balaban J connectivity index is 1.43. The average molecular weight is 902 g/mol. The summed E-state index contributed by atoms with van der Waals surface area (Å²) in [6, 6.07) is 7.90. The first-order chi connectivity index (χ1) is 28.5. The van der Waals surface area contributed by atoms with Crippen LogP contribution in [0.5, 0.6) is 17.2 Å². The van der Waals surface area contributed by atoms with E-state index in [1.54, 1.807) is 0 Å². The number of halogens is 8. The van der Waals surface area contributed by atoms with E-state index in [4.69, 9.17) is 4.74 Å². The summed E-state index contributed by atoms with van der Waals surface area (Å²) < 4.78 is 127. The van der Waals surface area contributed by atoms with Crippen molar-refractivity contribution in [2.45, 2.75) is 68.9 Å². The molecule has 1 amide bonds. The van der Waals surface area contributed by atoms with Crippen LogP contribution in [0, 0.1) is 46.5 Å². The van der Waals surface area contributed by atoms with Gasteiger partial charge in [0, 0.05) is 58.6 Å². The lowest BCUT2D eigenvalue weighted by Crippen LogP contribution is -2.45. The first-order valence-electron chi connectivity index (χ1n) is 18.7. The molecule has 1 atom stereocenters. The molecule has 61 heavy (non-hydrogen) atoms. The summed E-state index contributed by atoms with van der Waals surface area (Å²) in [5, 5.41) is 9.38. The molecule has 4 rings (SSSR count). The Kier molecular flexibility index (Phi) is 17.0. The van der Waals surface area contributed by atoms with Crippen LogP contribution in [-0.2, 0) is 0 Å². The zero-order chi connectivity index (χ0) is 45.2. The van der Waals surface area contributed by atoms with Crippen LogP contribution in [0.15, 0.2) is 54.6 Å². The maximum Gasteiger partial charge on any atom is 0.343 e. The largest absolute Gasteiger partial charge is 0.494 e. The number of carbonyl (C=O) groups is 3. The molecule has 19 heteroatoms. The van der Waals surface area contributed by atoms with E-state index in [1.165, 1.54) is 24.3 Å². The van der Waals surface area contributed by atoms with Crippen LogP contribution < -0.4 is 30.2 Å². The van der Waals surface area contributed by atoms with E-state index in [9.17, 15) is 49.5 Å². The van der Waals surface area contributed by atoms with Crippen LogP contribution in [0.1, 0.15) is 84.5 Å². The Hall–Kier alpha value is -4.85. The Morgan fingerprint density at radius 3 is 1.56 bits per heavy atom. The predicted octanol–water partition coefficient (Wildman–Crippen LogP) is 9.39. The summed E-state index contributed by atoms with van der Waals surface area (Å²) in [6.45, 7) is 10.8. The van der Waals surface area contributed by atoms with Gasteiger partial charge in [-0.3, -0.25) is 4.79 Å². The molecule has 0 bridgehead atoms. The highest BCUT2D eigenvalue weighted by molar-refractivity contribution is 7.82. The summed E-state index contributed by atoms with van der Waals surface area (Å²) in [7, 11) is 0. The molecule has 0 aromatic heterocycles. The van der Waals surface area contributed by atoms with Gasteiger partial charge in [-0.15, -0.1) is 0 Å². The van der Waals surface area contributed by atoms with E-state index in [0.29, 0.717) is 18.4 Å². The van der Waals surface area contributed by atoms with Gasteiger partial charge in [0.05, 0.1) is 17.7 Å². The Morgan fingerprint density at radius 1 is 0.623 bits per heavy atom. The minimum absolute atomic E-state index is 0.0149. The molecule has 330 valence electrons. The Labute approximate surface area is 357 Å². The molecule has 0 saturated heterocycles. The van der Waals surface area contributed by atoms with Crippen LogP contribution >= 0.6 is 25.3 Å². The summed E-state index contributed by atoms with van der Waals surface area (Å²) >= 11 is 9.17. The second-order valence-corrected chi connectivity index (χ2v) is 17.6. The minimum Gasteiger partial charge on any atom is -0.494 e. The van der Waals surface area contributed by atoms with Gasteiger partial charge in [0.15, 0.2) is 23.3 Å². The number of unbranched alkanes of at least 4 members (excludes halogenated alkanes) is 2. The smallest absolute Gasteiger partial charge is 0.343 e. The van der Waals surface area contributed by atoms with Crippen molar-refractivity contribution in [3.05, 3.63) is 118 Å². The fourth-order valence-corrected chi connectivity index (χ4v) is 5.71. The zero-order valence-electron chi connectivity index (χ0n) is 33.3. The second-order valence-electron chi connectivity index (χ2n) is 15.2. The fraction of sp³-hybridized carbons (Fsp3) is 0.357. The van der Waals surface area contributed by atoms with E-state index < -0.39 is 92.7 Å². The average Bonchev–Trinajstić information content (AvgIpc) is 3.18. The SMILES string of the molecule is CC(C)(S)CNCC(CCCCCOc1ccc(C(=O)Nc2cc(C(=O)Oc3c(F)c(F)cc(F)c3F)cc(C(=O)Oc3c(F)c(F)cc(F)c3F)c2)cc1)NCC(C)(C)S.